The van der Waals surface area contributed by atoms with E-state index in [-0.39, 0.29) is 41.8 Å². The first-order chi connectivity index (χ1) is 27.7. The molecule has 1 aromatic heterocycles. The number of rotatable bonds is 16. The molecule has 4 amide bonds. The first kappa shape index (κ1) is 43.8. The highest BCUT2D eigenvalue weighted by Gasteiger charge is 2.68. The number of sulfonamides is 1. The third-order valence-corrected chi connectivity index (χ3v) is 14.1. The molecule has 0 spiro atoms. The van der Waals surface area contributed by atoms with Crippen LogP contribution in [0.15, 0.2) is 18.2 Å². The summed E-state index contributed by atoms with van der Waals surface area (Å²) >= 11 is 0. The van der Waals surface area contributed by atoms with E-state index in [4.69, 9.17) is 9.47 Å². The summed E-state index contributed by atoms with van der Waals surface area (Å²) < 4.78 is 94.9. The van der Waals surface area contributed by atoms with Crippen molar-refractivity contribution in [2.45, 2.75) is 127 Å². The lowest BCUT2D eigenvalue weighted by atomic mass is 9.85. The zero-order valence-electron chi connectivity index (χ0n) is 33.4. The third-order valence-electron chi connectivity index (χ3n) is 12.0. The Morgan fingerprint density at radius 2 is 1.81 bits per heavy atom. The van der Waals surface area contributed by atoms with Gasteiger partial charge in [-0.05, 0) is 81.4 Å². The second-order valence-corrected chi connectivity index (χ2v) is 19.6. The van der Waals surface area contributed by atoms with Gasteiger partial charge in [0.1, 0.15) is 29.8 Å². The number of halogens is 4. The molecular weight excluding hydrogens is 803 g/mol. The van der Waals surface area contributed by atoms with Crippen LogP contribution in [0.4, 0.5) is 22.4 Å². The summed E-state index contributed by atoms with van der Waals surface area (Å²) in [6, 6.07) is 3.20. The van der Waals surface area contributed by atoms with Crippen LogP contribution in [-0.2, 0) is 29.1 Å². The quantitative estimate of drug-likeness (QED) is 0.159. The smallest absolute Gasteiger partial charge is 0.408 e. The highest BCUT2D eigenvalue weighted by molar-refractivity contribution is 7.91. The normalized spacial score (nSPS) is 27.4. The van der Waals surface area contributed by atoms with Gasteiger partial charge in [0, 0.05) is 5.92 Å². The summed E-state index contributed by atoms with van der Waals surface area (Å²) in [5, 5.41) is 14.4. The molecule has 2 aromatic rings. The molecule has 1 aromatic carbocycles. The van der Waals surface area contributed by atoms with Gasteiger partial charge in [-0.25, -0.2) is 32.0 Å². The average Bonchev–Trinajstić information content (AvgIpc) is 4.12. The van der Waals surface area contributed by atoms with E-state index in [1.807, 2.05) is 10.8 Å². The van der Waals surface area contributed by atoms with Crippen LogP contribution in [0.3, 0.4) is 0 Å². The highest BCUT2D eigenvalue weighted by Crippen LogP contribution is 2.50. The molecule has 1 saturated heterocycles. The van der Waals surface area contributed by atoms with Crippen molar-refractivity contribution in [3.05, 3.63) is 29.7 Å². The summed E-state index contributed by atoms with van der Waals surface area (Å²) in [7, 11) is -4.31. The molecular formula is C39H49F4N7O8S. The Hall–Kier alpha value is -4.80. The Morgan fingerprint density at radius 1 is 1.10 bits per heavy atom. The molecule has 4 fully saturated rings. The molecule has 8 unspecified atom stereocenters. The van der Waals surface area contributed by atoms with Gasteiger partial charge in [-0.3, -0.25) is 23.5 Å². The number of likely N-dealkylation sites (tertiary alicyclic amines) is 1. The van der Waals surface area contributed by atoms with E-state index in [0.717, 1.165) is 4.90 Å². The summed E-state index contributed by atoms with van der Waals surface area (Å²) in [6.45, 7) is 7.11. The fourth-order valence-electron chi connectivity index (χ4n) is 7.76. The predicted octanol–water partition coefficient (Wildman–Crippen LogP) is 4.43. The van der Waals surface area contributed by atoms with Crippen molar-refractivity contribution >= 4 is 44.9 Å². The number of benzene rings is 1. The van der Waals surface area contributed by atoms with Gasteiger partial charge >= 0.3 is 6.09 Å². The van der Waals surface area contributed by atoms with Gasteiger partial charge in [0.05, 0.1) is 46.6 Å². The van der Waals surface area contributed by atoms with Gasteiger partial charge in [0.15, 0.2) is 0 Å². The van der Waals surface area contributed by atoms with Gasteiger partial charge in [0.2, 0.25) is 28.3 Å². The summed E-state index contributed by atoms with van der Waals surface area (Å²) in [6.07, 6.45) is -3.49. The number of aromatic nitrogens is 2. The molecule has 322 valence electrons. The number of carbonyl (C=O) groups is 4. The average molecular weight is 852 g/mol. The van der Waals surface area contributed by atoms with E-state index < -0.39 is 124 Å². The Morgan fingerprint density at radius 3 is 2.41 bits per heavy atom. The molecule has 59 heavy (non-hydrogen) atoms. The van der Waals surface area contributed by atoms with E-state index in [1.165, 1.54) is 25.1 Å². The number of nitriles is 1. The summed E-state index contributed by atoms with van der Waals surface area (Å²) in [5.74, 6) is -7.72. The molecule has 0 radical (unpaired) electrons. The van der Waals surface area contributed by atoms with E-state index >= 15 is 4.39 Å². The van der Waals surface area contributed by atoms with Crippen molar-refractivity contribution in [2.75, 3.05) is 13.2 Å². The van der Waals surface area contributed by atoms with Crippen LogP contribution < -0.4 is 20.1 Å². The Labute approximate surface area is 339 Å². The monoisotopic (exact) mass is 851 g/mol. The van der Waals surface area contributed by atoms with Crippen LogP contribution in [0.25, 0.3) is 11.0 Å². The molecule has 2 heterocycles. The topological polar surface area (TPSA) is 210 Å². The largest absolute Gasteiger partial charge is 0.469 e. The van der Waals surface area contributed by atoms with Gasteiger partial charge in [0.25, 0.3) is 17.7 Å². The molecule has 15 nitrogen and oxygen atoms in total. The number of fused-ring (bicyclic) bond motifs is 1. The molecule has 4 aliphatic rings. The maximum Gasteiger partial charge on any atom is 0.408 e. The van der Waals surface area contributed by atoms with Crippen LogP contribution in [0.2, 0.25) is 0 Å². The highest BCUT2D eigenvalue weighted by atomic mass is 32.2. The van der Waals surface area contributed by atoms with E-state index in [2.05, 4.69) is 20.6 Å². The first-order valence-electron chi connectivity index (χ1n) is 19.7. The number of alkyl carbamates (subject to hydrolysis) is 1. The van der Waals surface area contributed by atoms with Crippen LogP contribution in [0, 0.1) is 40.4 Å². The van der Waals surface area contributed by atoms with Gasteiger partial charge in [-0.1, -0.05) is 34.1 Å². The lowest BCUT2D eigenvalue weighted by Crippen LogP contribution is -2.61. The fourth-order valence-corrected chi connectivity index (χ4v) is 9.07. The fraction of sp³-hybridized carbons (Fsp3) is 0.667. The van der Waals surface area contributed by atoms with Crippen LogP contribution in [-0.4, -0.2) is 101 Å². The van der Waals surface area contributed by atoms with E-state index in [0.29, 0.717) is 25.7 Å². The standard InChI is InChI=1S/C39H49F4N7O8S/c1-6-22-27(57-33-31(43)45-24-11-10-20(18-44)15-25(24)46-33)19-50(34(52)29(37(2,3)4)47-36(54)58-26-16-21(26)9-7-8-14-40)28(22)32(51)48-39(17-23(39)30(41)42)35(53)49-59(55,56)38(5)12-13-38/h10-11,15,21-23,26-30H,6-9,12-14,16-17,19H2,1-5H3,(H,47,54)(H,48,51)(H,49,53). The van der Waals surface area contributed by atoms with Gasteiger partial charge in [-0.2, -0.15) is 9.65 Å². The van der Waals surface area contributed by atoms with E-state index in [9.17, 15) is 46.0 Å². The summed E-state index contributed by atoms with van der Waals surface area (Å²) in [4.78, 5) is 65.2. The van der Waals surface area contributed by atoms with Crippen LogP contribution in [0.1, 0.15) is 91.5 Å². The molecule has 3 saturated carbocycles. The third kappa shape index (κ3) is 9.04. The van der Waals surface area contributed by atoms with Crippen molar-refractivity contribution in [1.29, 1.82) is 5.26 Å². The maximum atomic E-state index is 15.4. The lowest BCUT2D eigenvalue weighted by Gasteiger charge is -2.36. The van der Waals surface area contributed by atoms with Gasteiger partial charge in [-0.15, -0.1) is 0 Å². The molecule has 20 heteroatoms. The van der Waals surface area contributed by atoms with Crippen molar-refractivity contribution in [3.63, 3.8) is 0 Å². The molecule has 6 rings (SSSR count). The number of ether oxygens (including phenoxy) is 2. The number of alkyl halides is 3. The Balaban J connectivity index is 1.31. The van der Waals surface area contributed by atoms with Crippen molar-refractivity contribution in [1.82, 2.24) is 30.2 Å². The molecule has 0 bridgehead atoms. The molecule has 3 N–H and O–H groups in total. The van der Waals surface area contributed by atoms with Crippen LogP contribution >= 0.6 is 0 Å². The number of carbonyl (C=O) groups excluding carboxylic acids is 4. The minimum atomic E-state index is -4.31. The number of nitrogens with one attached hydrogen (secondary N) is 3. The maximum absolute atomic E-state index is 15.4. The Bertz CT molecular complexity index is 2150. The minimum absolute atomic E-state index is 0.0437. The van der Waals surface area contributed by atoms with E-state index in [1.54, 1.807) is 27.7 Å². The van der Waals surface area contributed by atoms with Crippen molar-refractivity contribution < 1.29 is 54.6 Å². The van der Waals surface area contributed by atoms with Crippen LogP contribution in [0.5, 0.6) is 5.88 Å². The number of unbranched alkanes of at least 4 members (excludes halogenated alkanes) is 1. The number of hydrogen-bond donors (Lipinski definition) is 3. The molecule has 8 atom stereocenters. The first-order valence-corrected chi connectivity index (χ1v) is 21.2. The second kappa shape index (κ2) is 16.3. The molecule has 3 aliphatic carbocycles. The predicted molar refractivity (Wildman–Crippen MR) is 202 cm³/mol. The zero-order chi connectivity index (χ0) is 43.2. The minimum Gasteiger partial charge on any atom is -0.469 e. The summed E-state index contributed by atoms with van der Waals surface area (Å²) in [5.41, 5.74) is -2.94. The Kier molecular flexibility index (Phi) is 12.1. The van der Waals surface area contributed by atoms with Crippen molar-refractivity contribution in [3.8, 4) is 11.9 Å². The van der Waals surface area contributed by atoms with Crippen molar-refractivity contribution in [2.24, 2.45) is 23.2 Å². The lowest BCUT2D eigenvalue weighted by molar-refractivity contribution is -0.144. The SMILES string of the molecule is CCC1C(Oc2nc3cc(C#N)ccc3nc2F)CN(C(=O)C(NC(=O)OC2CC2CCCCF)C(C)(C)C)C1C(=O)NC1(C(=O)NS(=O)(=O)C2(C)CC2)CC1C(F)F. The number of amides is 4. The van der Waals surface area contributed by atoms with Gasteiger partial charge < -0.3 is 25.0 Å². The zero-order valence-corrected chi connectivity index (χ0v) is 34.2. The number of hydrogen-bond acceptors (Lipinski definition) is 11. The number of nitrogens with zero attached hydrogens (tertiary/aromatic N) is 4. The molecule has 1 aliphatic heterocycles. The second-order valence-electron chi connectivity index (χ2n) is 17.4.